The molecule has 9 heteroatoms. The second kappa shape index (κ2) is 11.7. The predicted molar refractivity (Wildman–Crippen MR) is 147 cm³/mol. The van der Waals surface area contributed by atoms with Gasteiger partial charge in [-0.15, -0.1) is 0 Å². The van der Waals surface area contributed by atoms with E-state index in [-0.39, 0.29) is 12.2 Å². The van der Waals surface area contributed by atoms with Crippen molar-refractivity contribution < 1.29 is 23.7 Å². The average molecular weight is 537 g/mol. The van der Waals surface area contributed by atoms with E-state index >= 15 is 0 Å². The van der Waals surface area contributed by atoms with Gasteiger partial charge < -0.3 is 18.9 Å². The van der Waals surface area contributed by atoms with Gasteiger partial charge in [0.15, 0.2) is 16.3 Å². The zero-order valence-electron chi connectivity index (χ0n) is 22.5. The van der Waals surface area contributed by atoms with Crippen molar-refractivity contribution in [3.63, 3.8) is 0 Å². The van der Waals surface area contributed by atoms with Crippen LogP contribution in [-0.2, 0) is 9.53 Å². The summed E-state index contributed by atoms with van der Waals surface area (Å²) in [4.78, 5) is 32.2. The van der Waals surface area contributed by atoms with Gasteiger partial charge in [-0.05, 0) is 75.6 Å². The second-order valence-electron chi connectivity index (χ2n) is 8.60. The molecule has 2 heterocycles. The number of hydrogen-bond donors (Lipinski definition) is 0. The summed E-state index contributed by atoms with van der Waals surface area (Å²) in [7, 11) is 1.62. The summed E-state index contributed by atoms with van der Waals surface area (Å²) in [6.07, 6.45) is 1.82. The molecule has 1 aromatic heterocycles. The van der Waals surface area contributed by atoms with Crippen LogP contribution in [0.2, 0.25) is 0 Å². The van der Waals surface area contributed by atoms with Gasteiger partial charge in [0.1, 0.15) is 5.75 Å². The van der Waals surface area contributed by atoms with Crippen molar-refractivity contribution >= 4 is 23.4 Å². The van der Waals surface area contributed by atoms with Crippen molar-refractivity contribution in [1.82, 2.24) is 4.57 Å². The summed E-state index contributed by atoms with van der Waals surface area (Å²) < 4.78 is 24.5. The molecule has 0 aliphatic carbocycles. The molecule has 0 fully saturated rings. The Kier molecular flexibility index (Phi) is 8.36. The number of hydrogen-bond acceptors (Lipinski definition) is 8. The van der Waals surface area contributed by atoms with E-state index in [0.29, 0.717) is 50.9 Å². The standard InChI is InChI=1S/C29H32N2O6S/c1-7-35-21-13-12-20(16-23(21)36-8-2)26-25(28(33)37-9-3)18(5)30-29-31(26)27(32)24(38-29)15-19-11-10-17(4)22(14-19)34-6/h10-16,26H,7-9H2,1-6H3/b24-15-. The van der Waals surface area contributed by atoms with Gasteiger partial charge in [-0.25, -0.2) is 9.79 Å². The fourth-order valence-corrected chi connectivity index (χ4v) is 5.47. The van der Waals surface area contributed by atoms with Gasteiger partial charge in [0.2, 0.25) is 0 Å². The largest absolute Gasteiger partial charge is 0.496 e. The number of carbonyl (C=O) groups excluding carboxylic acids is 1. The van der Waals surface area contributed by atoms with E-state index in [1.165, 1.54) is 11.3 Å². The van der Waals surface area contributed by atoms with Crippen LogP contribution >= 0.6 is 11.3 Å². The van der Waals surface area contributed by atoms with E-state index in [0.717, 1.165) is 16.9 Å². The topological polar surface area (TPSA) is 88.4 Å². The number of methoxy groups -OCH3 is 1. The summed E-state index contributed by atoms with van der Waals surface area (Å²) in [5.74, 6) is 1.36. The Morgan fingerprint density at radius 1 is 1.00 bits per heavy atom. The zero-order valence-corrected chi connectivity index (χ0v) is 23.3. The van der Waals surface area contributed by atoms with Crippen molar-refractivity contribution in [1.29, 1.82) is 0 Å². The molecule has 2 aromatic carbocycles. The number of aromatic nitrogens is 1. The highest BCUT2D eigenvalue weighted by atomic mass is 32.1. The zero-order chi connectivity index (χ0) is 27.4. The molecule has 0 saturated heterocycles. The van der Waals surface area contributed by atoms with Gasteiger partial charge in [0.25, 0.3) is 5.56 Å². The van der Waals surface area contributed by atoms with Crippen LogP contribution in [0.25, 0.3) is 6.08 Å². The number of aryl methyl sites for hydroxylation is 1. The smallest absolute Gasteiger partial charge is 0.338 e. The van der Waals surface area contributed by atoms with Gasteiger partial charge in [0, 0.05) is 0 Å². The molecule has 200 valence electrons. The lowest BCUT2D eigenvalue weighted by atomic mass is 9.95. The van der Waals surface area contributed by atoms with E-state index in [4.69, 9.17) is 18.9 Å². The number of nitrogens with zero attached hydrogens (tertiary/aromatic N) is 2. The molecule has 0 spiro atoms. The molecule has 1 aliphatic heterocycles. The first-order chi connectivity index (χ1) is 18.3. The summed E-state index contributed by atoms with van der Waals surface area (Å²) in [5, 5.41) is 0. The summed E-state index contributed by atoms with van der Waals surface area (Å²) in [6.45, 7) is 10.4. The number of carbonyl (C=O) groups is 1. The lowest BCUT2D eigenvalue weighted by Crippen LogP contribution is -2.40. The molecule has 0 bridgehead atoms. The maximum Gasteiger partial charge on any atom is 0.338 e. The third-order valence-electron chi connectivity index (χ3n) is 6.13. The minimum atomic E-state index is -0.741. The van der Waals surface area contributed by atoms with Gasteiger partial charge in [-0.3, -0.25) is 9.36 Å². The van der Waals surface area contributed by atoms with E-state index in [1.807, 2.05) is 57.2 Å². The maximum absolute atomic E-state index is 13.9. The molecule has 1 atom stereocenters. The van der Waals surface area contributed by atoms with E-state index < -0.39 is 12.0 Å². The molecule has 0 N–H and O–H groups in total. The van der Waals surface area contributed by atoms with Gasteiger partial charge in [-0.1, -0.05) is 29.5 Å². The fraction of sp³-hybridized carbons (Fsp3) is 0.345. The SMILES string of the molecule is CCOC(=O)C1=C(C)N=c2s/c(=C\c3ccc(C)c(OC)c3)c(=O)n2C1c1ccc(OCC)c(OCC)c1. The van der Waals surface area contributed by atoms with E-state index in [9.17, 15) is 9.59 Å². The van der Waals surface area contributed by atoms with Crippen molar-refractivity contribution in [2.24, 2.45) is 4.99 Å². The van der Waals surface area contributed by atoms with E-state index in [1.54, 1.807) is 31.6 Å². The van der Waals surface area contributed by atoms with Crippen molar-refractivity contribution in [2.75, 3.05) is 26.9 Å². The van der Waals surface area contributed by atoms with Crippen molar-refractivity contribution in [2.45, 2.75) is 40.7 Å². The summed E-state index contributed by atoms with van der Waals surface area (Å²) in [5.41, 5.74) is 3.09. The molecule has 8 nitrogen and oxygen atoms in total. The normalized spacial score (nSPS) is 15.1. The highest BCUT2D eigenvalue weighted by Gasteiger charge is 2.34. The van der Waals surface area contributed by atoms with Gasteiger partial charge in [0.05, 0.1) is 48.8 Å². The number of allylic oxidation sites excluding steroid dienone is 1. The monoisotopic (exact) mass is 536 g/mol. The Morgan fingerprint density at radius 3 is 2.42 bits per heavy atom. The molecule has 0 amide bonds. The Morgan fingerprint density at radius 2 is 1.74 bits per heavy atom. The lowest BCUT2D eigenvalue weighted by molar-refractivity contribution is -0.139. The molecule has 3 aromatic rings. The second-order valence-corrected chi connectivity index (χ2v) is 9.61. The number of thiazole rings is 1. The number of rotatable bonds is 9. The van der Waals surface area contributed by atoms with Gasteiger partial charge >= 0.3 is 5.97 Å². The van der Waals surface area contributed by atoms with Crippen LogP contribution in [0.15, 0.2) is 57.5 Å². The van der Waals surface area contributed by atoms with Crippen LogP contribution in [-0.4, -0.2) is 37.5 Å². The molecule has 0 radical (unpaired) electrons. The maximum atomic E-state index is 13.9. The number of ether oxygens (including phenoxy) is 4. The first kappa shape index (κ1) is 27.2. The van der Waals surface area contributed by atoms with Gasteiger partial charge in [-0.2, -0.15) is 0 Å². The highest BCUT2D eigenvalue weighted by Crippen LogP contribution is 2.36. The Labute approximate surface area is 225 Å². The number of esters is 1. The third-order valence-corrected chi connectivity index (χ3v) is 7.11. The van der Waals surface area contributed by atoms with Crippen molar-refractivity contribution in [3.8, 4) is 17.2 Å². The highest BCUT2D eigenvalue weighted by molar-refractivity contribution is 7.07. The van der Waals surface area contributed by atoms with Crippen LogP contribution in [0.4, 0.5) is 0 Å². The average Bonchev–Trinajstić information content (AvgIpc) is 3.19. The van der Waals surface area contributed by atoms with Crippen LogP contribution in [0.5, 0.6) is 17.2 Å². The Bertz CT molecular complexity index is 1570. The minimum absolute atomic E-state index is 0.204. The van der Waals surface area contributed by atoms with Crippen LogP contribution in [0.3, 0.4) is 0 Å². The molecule has 1 aliphatic rings. The molecule has 38 heavy (non-hydrogen) atoms. The quantitative estimate of drug-likeness (QED) is 0.386. The minimum Gasteiger partial charge on any atom is -0.496 e. The molecule has 0 saturated carbocycles. The summed E-state index contributed by atoms with van der Waals surface area (Å²) in [6, 6.07) is 10.5. The first-order valence-electron chi connectivity index (χ1n) is 12.6. The molecule has 1 unspecified atom stereocenters. The Balaban J connectivity index is 1.94. The van der Waals surface area contributed by atoms with Crippen molar-refractivity contribution in [3.05, 3.63) is 84.0 Å². The Hall–Kier alpha value is -3.85. The molecular weight excluding hydrogens is 504 g/mol. The third kappa shape index (κ3) is 5.24. The number of fused-ring (bicyclic) bond motifs is 1. The van der Waals surface area contributed by atoms with Crippen LogP contribution in [0.1, 0.15) is 50.4 Å². The predicted octanol–water partition coefficient (Wildman–Crippen LogP) is 3.91. The summed E-state index contributed by atoms with van der Waals surface area (Å²) >= 11 is 1.27. The van der Waals surface area contributed by atoms with E-state index in [2.05, 4.69) is 4.99 Å². The lowest BCUT2D eigenvalue weighted by Gasteiger charge is -2.25. The first-order valence-corrected chi connectivity index (χ1v) is 13.4. The fourth-order valence-electron chi connectivity index (χ4n) is 4.42. The number of benzene rings is 2. The molecular formula is C29H32N2O6S. The van der Waals surface area contributed by atoms with Crippen LogP contribution < -0.4 is 29.1 Å². The van der Waals surface area contributed by atoms with Crippen LogP contribution in [0, 0.1) is 6.92 Å². The molecule has 4 rings (SSSR count).